The van der Waals surface area contributed by atoms with E-state index in [2.05, 4.69) is 22.1 Å². The molecule has 3 nitrogen and oxygen atoms in total. The van der Waals surface area contributed by atoms with Gasteiger partial charge in [0.05, 0.1) is 12.5 Å². The Hall–Kier alpha value is -1.38. The van der Waals surface area contributed by atoms with E-state index >= 15 is 0 Å². The summed E-state index contributed by atoms with van der Waals surface area (Å²) >= 11 is 0. The van der Waals surface area contributed by atoms with E-state index in [1.807, 2.05) is 0 Å². The molecule has 0 unspecified atom stereocenters. The summed E-state index contributed by atoms with van der Waals surface area (Å²) < 4.78 is 0. The Labute approximate surface area is 133 Å². The second-order valence-electron chi connectivity index (χ2n) is 7.10. The zero-order valence-electron chi connectivity index (χ0n) is 13.5. The Kier molecular flexibility index (Phi) is 5.47. The number of carbonyl (C=O) groups is 1. The van der Waals surface area contributed by atoms with Crippen LogP contribution in [-0.4, -0.2) is 15.8 Å². The number of aromatic nitrogens is 2. The van der Waals surface area contributed by atoms with Crippen LogP contribution in [0.2, 0.25) is 0 Å². The van der Waals surface area contributed by atoms with Crippen molar-refractivity contribution in [3.8, 4) is 0 Å². The first kappa shape index (κ1) is 15.5. The number of imidazole rings is 1. The number of Topliss-reactive ketones (excluding diaryl/α,β-unsaturated/α-hetero) is 1. The van der Waals surface area contributed by atoms with Gasteiger partial charge in [0.2, 0.25) is 0 Å². The van der Waals surface area contributed by atoms with Crippen LogP contribution in [0.15, 0.2) is 24.7 Å². The summed E-state index contributed by atoms with van der Waals surface area (Å²) in [6, 6.07) is 0. The fourth-order valence-electron chi connectivity index (χ4n) is 3.73. The number of hydrogen-bond donors (Lipinski definition) is 1. The Morgan fingerprint density at radius 2 is 2.09 bits per heavy atom. The molecule has 1 N–H and O–H groups in total. The van der Waals surface area contributed by atoms with E-state index in [-0.39, 0.29) is 5.78 Å². The molecule has 22 heavy (non-hydrogen) atoms. The topological polar surface area (TPSA) is 45.8 Å². The van der Waals surface area contributed by atoms with E-state index in [0.717, 1.165) is 11.8 Å². The van der Waals surface area contributed by atoms with Crippen molar-refractivity contribution in [1.29, 1.82) is 0 Å². The number of hydrogen-bond acceptors (Lipinski definition) is 2. The minimum absolute atomic E-state index is 0.200. The Balaban J connectivity index is 1.44. The highest BCUT2D eigenvalue weighted by Gasteiger charge is 2.31. The maximum absolute atomic E-state index is 12.2. The third-order valence-electron chi connectivity index (χ3n) is 5.30. The monoisotopic (exact) mass is 300 g/mol. The second-order valence-corrected chi connectivity index (χ2v) is 7.10. The van der Waals surface area contributed by atoms with Crippen LogP contribution in [0.5, 0.6) is 0 Å². The molecule has 1 atom stereocenters. The van der Waals surface area contributed by atoms with Gasteiger partial charge < -0.3 is 4.98 Å². The van der Waals surface area contributed by atoms with Gasteiger partial charge in [-0.15, -0.1) is 0 Å². The van der Waals surface area contributed by atoms with Gasteiger partial charge in [0.1, 0.15) is 5.69 Å². The molecule has 0 aliphatic heterocycles. The van der Waals surface area contributed by atoms with Crippen molar-refractivity contribution < 1.29 is 4.79 Å². The number of allylic oxidation sites excluding steroid dienone is 2. The van der Waals surface area contributed by atoms with Crippen LogP contribution in [0, 0.1) is 17.8 Å². The zero-order chi connectivity index (χ0) is 15.2. The molecule has 0 spiro atoms. The third-order valence-corrected chi connectivity index (χ3v) is 5.30. The number of nitrogens with zero attached hydrogens (tertiary/aromatic N) is 1. The first-order valence-corrected chi connectivity index (χ1v) is 9.01. The van der Waals surface area contributed by atoms with Crippen LogP contribution < -0.4 is 0 Å². The van der Waals surface area contributed by atoms with Crippen molar-refractivity contribution in [2.24, 2.45) is 17.8 Å². The lowest BCUT2D eigenvalue weighted by Gasteiger charge is -2.20. The normalized spacial score (nSPS) is 21.3. The highest BCUT2D eigenvalue weighted by Crippen LogP contribution is 2.40. The zero-order valence-corrected chi connectivity index (χ0v) is 13.5. The van der Waals surface area contributed by atoms with Gasteiger partial charge in [-0.1, -0.05) is 44.3 Å². The van der Waals surface area contributed by atoms with Crippen LogP contribution in [0.3, 0.4) is 0 Å². The van der Waals surface area contributed by atoms with E-state index in [4.69, 9.17) is 0 Å². The quantitative estimate of drug-likeness (QED) is 0.547. The fraction of sp³-hybridized carbons (Fsp3) is 0.684. The van der Waals surface area contributed by atoms with Crippen molar-refractivity contribution in [1.82, 2.24) is 9.97 Å². The predicted octanol–water partition coefficient (Wildman–Crippen LogP) is 4.93. The van der Waals surface area contributed by atoms with Gasteiger partial charge in [0.25, 0.3) is 0 Å². The second kappa shape index (κ2) is 7.75. The number of H-pyrrole nitrogens is 1. The van der Waals surface area contributed by atoms with Gasteiger partial charge in [0.15, 0.2) is 5.78 Å². The Bertz CT molecular complexity index is 482. The lowest BCUT2D eigenvalue weighted by molar-refractivity contribution is 0.0961. The minimum Gasteiger partial charge on any atom is -0.342 e. The van der Waals surface area contributed by atoms with E-state index in [9.17, 15) is 4.79 Å². The highest BCUT2D eigenvalue weighted by atomic mass is 16.1. The van der Waals surface area contributed by atoms with Gasteiger partial charge in [0, 0.05) is 6.42 Å². The summed E-state index contributed by atoms with van der Waals surface area (Å²) in [6.45, 7) is 0. The van der Waals surface area contributed by atoms with Gasteiger partial charge in [-0.3, -0.25) is 4.79 Å². The summed E-state index contributed by atoms with van der Waals surface area (Å²) in [5.74, 6) is 2.32. The molecular weight excluding hydrogens is 272 g/mol. The molecule has 0 saturated heterocycles. The van der Waals surface area contributed by atoms with Crippen molar-refractivity contribution in [2.75, 3.05) is 0 Å². The summed E-state index contributed by atoms with van der Waals surface area (Å²) in [7, 11) is 0. The Morgan fingerprint density at radius 3 is 2.77 bits per heavy atom. The maximum atomic E-state index is 12.2. The first-order chi connectivity index (χ1) is 10.8. The molecule has 1 heterocycles. The van der Waals surface area contributed by atoms with Gasteiger partial charge >= 0.3 is 0 Å². The molecule has 120 valence electrons. The molecule has 2 aliphatic carbocycles. The van der Waals surface area contributed by atoms with Crippen LogP contribution in [-0.2, 0) is 0 Å². The molecule has 0 bridgehead atoms. The summed E-state index contributed by atoms with van der Waals surface area (Å²) in [5.41, 5.74) is 0.654. The van der Waals surface area contributed by atoms with E-state index < -0.39 is 0 Å². The summed E-state index contributed by atoms with van der Waals surface area (Å²) in [6.07, 6.45) is 20.8. The number of aromatic amines is 1. The molecule has 2 saturated carbocycles. The fourth-order valence-corrected chi connectivity index (χ4v) is 3.73. The van der Waals surface area contributed by atoms with Crippen LogP contribution in [0.4, 0.5) is 0 Å². The van der Waals surface area contributed by atoms with Gasteiger partial charge in [-0.25, -0.2) is 4.98 Å². The lowest BCUT2D eigenvalue weighted by Crippen LogP contribution is -2.09. The van der Waals surface area contributed by atoms with Crippen molar-refractivity contribution in [3.63, 3.8) is 0 Å². The average molecular weight is 300 g/mol. The Morgan fingerprint density at radius 1 is 1.27 bits per heavy atom. The summed E-state index contributed by atoms with van der Waals surface area (Å²) in [5, 5.41) is 0. The minimum atomic E-state index is 0.200. The first-order valence-electron chi connectivity index (χ1n) is 9.01. The maximum Gasteiger partial charge on any atom is 0.181 e. The number of ketones is 1. The smallest absolute Gasteiger partial charge is 0.181 e. The van der Waals surface area contributed by atoms with Crippen molar-refractivity contribution in [3.05, 3.63) is 30.4 Å². The molecule has 3 rings (SSSR count). The number of carbonyl (C=O) groups excluding carboxylic acids is 1. The molecule has 2 fully saturated rings. The molecule has 1 aromatic rings. The molecule has 0 amide bonds. The standard InChI is InChI=1S/C19H28N2O/c22-19(18-13-20-14-21-18)12-17(16-10-11-16)9-5-4-8-15-6-2-1-3-7-15/h5,9,13-17H,1-4,6-8,10-12H2,(H,20,21)/t17-/m0/s1. The molecule has 1 aromatic heterocycles. The summed E-state index contributed by atoms with van der Waals surface area (Å²) in [4.78, 5) is 19.1. The third kappa shape index (κ3) is 4.56. The SMILES string of the molecule is O=C(C[C@H](C=CCCC1CCCCC1)C1CC1)c1cnc[nH]1. The largest absolute Gasteiger partial charge is 0.342 e. The highest BCUT2D eigenvalue weighted by molar-refractivity contribution is 5.94. The molecule has 0 aromatic carbocycles. The van der Waals surface area contributed by atoms with E-state index in [1.54, 1.807) is 12.5 Å². The van der Waals surface area contributed by atoms with Crippen LogP contribution in [0.1, 0.15) is 74.7 Å². The van der Waals surface area contributed by atoms with Crippen LogP contribution >= 0.6 is 0 Å². The molecular formula is C19H28N2O. The number of nitrogens with one attached hydrogen (secondary N) is 1. The van der Waals surface area contributed by atoms with E-state index in [1.165, 1.54) is 57.8 Å². The predicted molar refractivity (Wildman–Crippen MR) is 88.7 cm³/mol. The molecule has 0 radical (unpaired) electrons. The van der Waals surface area contributed by atoms with Gasteiger partial charge in [-0.05, 0) is 43.4 Å². The van der Waals surface area contributed by atoms with Crippen LogP contribution in [0.25, 0.3) is 0 Å². The average Bonchev–Trinajstić information content (AvgIpc) is 3.24. The lowest BCUT2D eigenvalue weighted by atomic mass is 9.86. The molecule has 2 aliphatic rings. The van der Waals surface area contributed by atoms with Crippen molar-refractivity contribution >= 4 is 5.78 Å². The number of rotatable bonds is 8. The van der Waals surface area contributed by atoms with E-state index in [0.29, 0.717) is 18.0 Å². The van der Waals surface area contributed by atoms with Gasteiger partial charge in [-0.2, -0.15) is 0 Å². The van der Waals surface area contributed by atoms with Crippen molar-refractivity contribution in [2.45, 2.75) is 64.2 Å². The molecule has 3 heteroatoms.